The number of para-hydroxylation sites is 1. The summed E-state index contributed by atoms with van der Waals surface area (Å²) in [7, 11) is 3.06. The van der Waals surface area contributed by atoms with Crippen LogP contribution in [0.5, 0.6) is 17.2 Å². The summed E-state index contributed by atoms with van der Waals surface area (Å²) in [5.74, 6) is 1.01. The molecule has 7 heteroatoms. The first-order valence-corrected chi connectivity index (χ1v) is 7.39. The molecule has 122 valence electrons. The predicted octanol–water partition coefficient (Wildman–Crippen LogP) is 4.03. The molecule has 0 unspecified atom stereocenters. The van der Waals surface area contributed by atoms with Crippen molar-refractivity contribution in [3.8, 4) is 17.2 Å². The summed E-state index contributed by atoms with van der Waals surface area (Å²) in [6, 6.07) is 10.0. The molecule has 0 saturated heterocycles. The van der Waals surface area contributed by atoms with E-state index in [1.165, 1.54) is 14.2 Å². The molecule has 0 heterocycles. The van der Waals surface area contributed by atoms with Gasteiger partial charge in [-0.1, -0.05) is 29.3 Å². The van der Waals surface area contributed by atoms with Gasteiger partial charge in [0.1, 0.15) is 0 Å². The van der Waals surface area contributed by atoms with Crippen molar-refractivity contribution in [2.45, 2.75) is 0 Å². The fraction of sp³-hybridized carbons (Fsp3) is 0.188. The van der Waals surface area contributed by atoms with Gasteiger partial charge in [0, 0.05) is 11.8 Å². The third kappa shape index (κ3) is 4.43. The van der Waals surface area contributed by atoms with Gasteiger partial charge in [0.05, 0.1) is 24.3 Å². The Bertz CT molecular complexity index is 686. The van der Waals surface area contributed by atoms with Crippen molar-refractivity contribution in [1.82, 2.24) is 0 Å². The van der Waals surface area contributed by atoms with Crippen LogP contribution >= 0.6 is 23.2 Å². The Morgan fingerprint density at radius 3 is 2.30 bits per heavy atom. The minimum Gasteiger partial charge on any atom is -0.493 e. The molecule has 0 atom stereocenters. The largest absolute Gasteiger partial charge is 0.493 e. The average molecular weight is 356 g/mol. The quantitative estimate of drug-likeness (QED) is 0.849. The van der Waals surface area contributed by atoms with Crippen LogP contribution in [0.3, 0.4) is 0 Å². The van der Waals surface area contributed by atoms with Crippen molar-refractivity contribution >= 4 is 34.8 Å². The number of rotatable bonds is 6. The lowest BCUT2D eigenvalue weighted by Gasteiger charge is -2.12. The summed E-state index contributed by atoms with van der Waals surface area (Å²) < 4.78 is 15.7. The third-order valence-corrected chi connectivity index (χ3v) is 3.53. The Morgan fingerprint density at radius 2 is 1.70 bits per heavy atom. The minimum atomic E-state index is -0.354. The van der Waals surface area contributed by atoms with Gasteiger partial charge in [-0.3, -0.25) is 4.79 Å². The summed E-state index contributed by atoms with van der Waals surface area (Å²) in [5, 5.41) is 3.38. The van der Waals surface area contributed by atoms with Crippen molar-refractivity contribution in [3.63, 3.8) is 0 Å². The summed E-state index contributed by atoms with van der Waals surface area (Å²) in [6.45, 7) is -0.224. The SMILES string of the molecule is COc1ccc(NC(=O)COc2c(Cl)cccc2Cl)cc1OC. The van der Waals surface area contributed by atoms with Crippen LogP contribution in [-0.2, 0) is 4.79 Å². The van der Waals surface area contributed by atoms with Crippen LogP contribution in [-0.4, -0.2) is 26.7 Å². The molecule has 0 saturated carbocycles. The molecule has 2 aromatic carbocycles. The van der Waals surface area contributed by atoms with Gasteiger partial charge in [-0.2, -0.15) is 0 Å². The lowest BCUT2D eigenvalue weighted by molar-refractivity contribution is -0.118. The fourth-order valence-corrected chi connectivity index (χ4v) is 2.38. The molecule has 0 aliphatic carbocycles. The van der Waals surface area contributed by atoms with Gasteiger partial charge in [-0.15, -0.1) is 0 Å². The first kappa shape index (κ1) is 17.2. The maximum absolute atomic E-state index is 12.0. The number of hydrogen-bond donors (Lipinski definition) is 1. The molecule has 0 aromatic heterocycles. The normalized spacial score (nSPS) is 10.1. The minimum absolute atomic E-state index is 0.224. The van der Waals surface area contributed by atoms with Crippen LogP contribution in [0.15, 0.2) is 36.4 Å². The van der Waals surface area contributed by atoms with Gasteiger partial charge in [0.25, 0.3) is 5.91 Å². The summed E-state index contributed by atoms with van der Waals surface area (Å²) >= 11 is 11.9. The zero-order valence-corrected chi connectivity index (χ0v) is 14.1. The molecular formula is C16H15Cl2NO4. The van der Waals surface area contributed by atoms with E-state index in [0.717, 1.165) is 0 Å². The molecule has 0 spiro atoms. The summed E-state index contributed by atoms with van der Waals surface area (Å²) in [6.07, 6.45) is 0. The van der Waals surface area contributed by atoms with E-state index in [9.17, 15) is 4.79 Å². The second kappa shape index (κ2) is 7.94. The molecule has 0 fully saturated rings. The zero-order chi connectivity index (χ0) is 16.8. The van der Waals surface area contributed by atoms with Crippen LogP contribution in [0.4, 0.5) is 5.69 Å². The van der Waals surface area contributed by atoms with E-state index in [4.69, 9.17) is 37.4 Å². The van der Waals surface area contributed by atoms with Gasteiger partial charge >= 0.3 is 0 Å². The first-order chi connectivity index (χ1) is 11.0. The Labute approximate surface area is 144 Å². The van der Waals surface area contributed by atoms with Crippen LogP contribution in [0.1, 0.15) is 0 Å². The maximum Gasteiger partial charge on any atom is 0.262 e. The van der Waals surface area contributed by atoms with E-state index < -0.39 is 0 Å². The fourth-order valence-electron chi connectivity index (χ4n) is 1.87. The Kier molecular flexibility index (Phi) is 5.96. The van der Waals surface area contributed by atoms with Gasteiger partial charge in [-0.05, 0) is 24.3 Å². The number of anilines is 1. The number of nitrogens with one attached hydrogen (secondary N) is 1. The number of halogens is 2. The summed E-state index contributed by atoms with van der Waals surface area (Å²) in [4.78, 5) is 12.0. The van der Waals surface area contributed by atoms with E-state index in [-0.39, 0.29) is 18.3 Å². The topological polar surface area (TPSA) is 56.8 Å². The molecule has 5 nitrogen and oxygen atoms in total. The lowest BCUT2D eigenvalue weighted by Crippen LogP contribution is -2.20. The van der Waals surface area contributed by atoms with Crippen LogP contribution in [0.25, 0.3) is 0 Å². The molecule has 0 aliphatic heterocycles. The van der Waals surface area contributed by atoms with Crippen molar-refractivity contribution in [1.29, 1.82) is 0 Å². The number of amides is 1. The van der Waals surface area contributed by atoms with Gasteiger partial charge in [-0.25, -0.2) is 0 Å². The van der Waals surface area contributed by atoms with Crippen molar-refractivity contribution in [3.05, 3.63) is 46.4 Å². The molecule has 1 amide bonds. The predicted molar refractivity (Wildman–Crippen MR) is 90.1 cm³/mol. The molecule has 0 bridgehead atoms. The third-order valence-electron chi connectivity index (χ3n) is 2.93. The molecular weight excluding hydrogens is 341 g/mol. The summed E-state index contributed by atoms with van der Waals surface area (Å²) in [5.41, 5.74) is 0.557. The highest BCUT2D eigenvalue weighted by Crippen LogP contribution is 2.32. The smallest absolute Gasteiger partial charge is 0.262 e. The van der Waals surface area contributed by atoms with Crippen molar-refractivity contribution in [2.24, 2.45) is 0 Å². The number of ether oxygens (including phenoxy) is 3. The number of methoxy groups -OCH3 is 2. The zero-order valence-electron chi connectivity index (χ0n) is 12.6. The van der Waals surface area contributed by atoms with Crippen molar-refractivity contribution in [2.75, 3.05) is 26.1 Å². The van der Waals surface area contributed by atoms with Crippen molar-refractivity contribution < 1.29 is 19.0 Å². The Hall–Kier alpha value is -2.11. The van der Waals surface area contributed by atoms with E-state index >= 15 is 0 Å². The molecule has 23 heavy (non-hydrogen) atoms. The van der Waals surface area contributed by atoms with E-state index in [0.29, 0.717) is 27.2 Å². The first-order valence-electron chi connectivity index (χ1n) is 6.64. The highest BCUT2D eigenvalue weighted by molar-refractivity contribution is 6.37. The second-order valence-electron chi connectivity index (χ2n) is 4.46. The number of carbonyl (C=O) groups excluding carboxylic acids is 1. The average Bonchev–Trinajstić information content (AvgIpc) is 2.54. The number of carbonyl (C=O) groups is 1. The Morgan fingerprint density at radius 1 is 1.04 bits per heavy atom. The molecule has 0 aliphatic rings. The van der Waals surface area contributed by atoms with Crippen LogP contribution in [0.2, 0.25) is 10.0 Å². The van der Waals surface area contributed by atoms with Gasteiger partial charge < -0.3 is 19.5 Å². The molecule has 0 radical (unpaired) electrons. The molecule has 2 rings (SSSR count). The Balaban J connectivity index is 2.00. The number of benzene rings is 2. The van der Waals surface area contributed by atoms with Crippen LogP contribution in [0, 0.1) is 0 Å². The van der Waals surface area contributed by atoms with E-state index in [2.05, 4.69) is 5.32 Å². The lowest BCUT2D eigenvalue weighted by atomic mass is 10.2. The second-order valence-corrected chi connectivity index (χ2v) is 5.27. The molecule has 2 aromatic rings. The highest BCUT2D eigenvalue weighted by Gasteiger charge is 2.11. The van der Waals surface area contributed by atoms with Gasteiger partial charge in [0.15, 0.2) is 23.9 Å². The molecule has 1 N–H and O–H groups in total. The van der Waals surface area contributed by atoms with Gasteiger partial charge in [0.2, 0.25) is 0 Å². The van der Waals surface area contributed by atoms with Crippen LogP contribution < -0.4 is 19.5 Å². The highest BCUT2D eigenvalue weighted by atomic mass is 35.5. The van der Waals surface area contributed by atoms with E-state index in [1.54, 1.807) is 36.4 Å². The number of hydrogen-bond acceptors (Lipinski definition) is 4. The maximum atomic E-state index is 12.0. The monoisotopic (exact) mass is 355 g/mol. The van der Waals surface area contributed by atoms with E-state index in [1.807, 2.05) is 0 Å². The standard InChI is InChI=1S/C16H15Cl2NO4/c1-21-13-7-6-10(8-14(13)22-2)19-15(20)9-23-16-11(17)4-3-5-12(16)18/h3-8H,9H2,1-2H3,(H,19,20).